The zero-order valence-corrected chi connectivity index (χ0v) is 25.2. The van der Waals surface area contributed by atoms with E-state index in [1.54, 1.807) is 6.92 Å². The van der Waals surface area contributed by atoms with Crippen LogP contribution in [0.3, 0.4) is 0 Å². The smallest absolute Gasteiger partial charge is 0.186 e. The first-order valence-electron chi connectivity index (χ1n) is 17.1. The summed E-state index contributed by atoms with van der Waals surface area (Å²) in [6, 6.07) is 0. The Morgan fingerprint density at radius 3 is 1.95 bits per heavy atom. The van der Waals surface area contributed by atoms with E-state index >= 15 is 0 Å². The summed E-state index contributed by atoms with van der Waals surface area (Å²) in [4.78, 5) is 12.7. The average molecular weight is 595 g/mol. The molecule has 9 heteroatoms. The van der Waals surface area contributed by atoms with Crippen LogP contribution in [0.4, 0.5) is 0 Å². The minimum atomic E-state index is -1.57. The van der Waals surface area contributed by atoms with Crippen molar-refractivity contribution in [3.8, 4) is 0 Å². The summed E-state index contributed by atoms with van der Waals surface area (Å²) in [5.74, 6) is 7.69. The van der Waals surface area contributed by atoms with Gasteiger partial charge < -0.3 is 40.1 Å². The van der Waals surface area contributed by atoms with Gasteiger partial charge in [-0.15, -0.1) is 0 Å². The van der Waals surface area contributed by atoms with Crippen LogP contribution in [-0.4, -0.2) is 92.5 Å². The van der Waals surface area contributed by atoms with Crippen molar-refractivity contribution in [2.45, 2.75) is 133 Å². The fourth-order valence-corrected chi connectivity index (χ4v) is 10.8. The number of ketones is 1. The van der Waals surface area contributed by atoms with Crippen molar-refractivity contribution in [3.05, 3.63) is 0 Å². The second kappa shape index (κ2) is 12.6. The molecule has 6 N–H and O–H groups in total. The van der Waals surface area contributed by atoms with Crippen LogP contribution < -0.4 is 0 Å². The van der Waals surface area contributed by atoms with Gasteiger partial charge in [-0.2, -0.15) is 0 Å². The Balaban J connectivity index is 0.810. The maximum absolute atomic E-state index is 12.7. The van der Waals surface area contributed by atoms with Crippen LogP contribution in [0.1, 0.15) is 90.4 Å². The van der Waals surface area contributed by atoms with Crippen molar-refractivity contribution in [3.63, 3.8) is 0 Å². The third-order valence-corrected chi connectivity index (χ3v) is 12.9. The van der Waals surface area contributed by atoms with Crippen molar-refractivity contribution >= 4 is 5.78 Å². The quantitative estimate of drug-likeness (QED) is 0.110. The molecule has 7 aliphatic rings. The molecule has 0 spiro atoms. The summed E-state index contributed by atoms with van der Waals surface area (Å²) >= 11 is 0. The third kappa shape index (κ3) is 4.84. The molecule has 0 bridgehead atoms. The van der Waals surface area contributed by atoms with Gasteiger partial charge in [-0.05, 0) is 66.1 Å². The maximum Gasteiger partial charge on any atom is 0.186 e. The Labute approximate surface area is 250 Å². The van der Waals surface area contributed by atoms with E-state index in [0.29, 0.717) is 12.8 Å². The Bertz CT molecular complexity index is 890. The molecule has 0 amide bonds. The van der Waals surface area contributed by atoms with E-state index in [4.69, 9.17) is 9.47 Å². The highest BCUT2D eigenvalue weighted by Crippen LogP contribution is 3.06. The van der Waals surface area contributed by atoms with Crippen molar-refractivity contribution in [2.24, 2.45) is 52.8 Å². The molecule has 7 rings (SSSR count). The van der Waals surface area contributed by atoms with E-state index in [1.807, 2.05) is 0 Å². The number of Topliss-reactive ketones (excluding diaryl/α,β-unsaturated/α-hetero) is 1. The summed E-state index contributed by atoms with van der Waals surface area (Å²) < 4.78 is 11.0. The summed E-state index contributed by atoms with van der Waals surface area (Å²) in [5, 5.41) is 60.4. The maximum atomic E-state index is 12.7. The van der Waals surface area contributed by atoms with Gasteiger partial charge in [0.25, 0.3) is 0 Å². The molecular formula is C33H54O9. The topological polar surface area (TPSA) is 157 Å². The number of aliphatic hydroxyl groups excluding tert-OH is 6. The number of hydrogen-bond acceptors (Lipinski definition) is 9. The van der Waals surface area contributed by atoms with Crippen molar-refractivity contribution in [1.29, 1.82) is 0 Å². The summed E-state index contributed by atoms with van der Waals surface area (Å²) in [7, 11) is 0. The first-order chi connectivity index (χ1) is 20.3. The number of ether oxygens (including phenoxy) is 2. The highest BCUT2D eigenvalue weighted by molar-refractivity contribution is 5.78. The molecule has 0 aromatic heterocycles. The van der Waals surface area contributed by atoms with Gasteiger partial charge >= 0.3 is 0 Å². The predicted molar refractivity (Wildman–Crippen MR) is 153 cm³/mol. The Morgan fingerprint density at radius 2 is 1.38 bits per heavy atom. The molecule has 6 aliphatic carbocycles. The summed E-state index contributed by atoms with van der Waals surface area (Å²) in [5.41, 5.74) is 0.886. The molecule has 0 radical (unpaired) electrons. The van der Waals surface area contributed by atoms with E-state index < -0.39 is 55.4 Å². The Hall–Kier alpha value is -0.650. The van der Waals surface area contributed by atoms with E-state index in [0.717, 1.165) is 24.7 Å². The van der Waals surface area contributed by atoms with Gasteiger partial charge in [-0.3, -0.25) is 4.79 Å². The largest absolute Gasteiger partial charge is 0.394 e. The van der Waals surface area contributed by atoms with Gasteiger partial charge in [0.15, 0.2) is 6.29 Å². The number of unbranched alkanes of at least 4 members (excludes halogenated alkanes) is 8. The van der Waals surface area contributed by atoms with Gasteiger partial charge in [-0.25, -0.2) is 0 Å². The molecular weight excluding hydrogens is 540 g/mol. The molecule has 5 unspecified atom stereocenters. The number of rotatable bonds is 21. The van der Waals surface area contributed by atoms with Gasteiger partial charge in [0.2, 0.25) is 0 Å². The molecule has 9 nitrogen and oxygen atoms in total. The molecule has 0 aromatic rings. The molecule has 6 saturated carbocycles. The van der Waals surface area contributed by atoms with Crippen LogP contribution in [-0.2, 0) is 14.3 Å². The molecule has 240 valence electrons. The second-order valence-corrected chi connectivity index (χ2v) is 14.7. The molecule has 7 fully saturated rings. The number of hydrogen-bond donors (Lipinski definition) is 6. The summed E-state index contributed by atoms with van der Waals surface area (Å²) in [6.07, 6.45) is 3.80. The van der Waals surface area contributed by atoms with Gasteiger partial charge in [-0.1, -0.05) is 58.3 Å². The monoisotopic (exact) mass is 594 g/mol. The zero-order valence-electron chi connectivity index (χ0n) is 25.2. The van der Waals surface area contributed by atoms with Crippen LogP contribution in [0.15, 0.2) is 0 Å². The van der Waals surface area contributed by atoms with Crippen LogP contribution in [0, 0.1) is 52.8 Å². The van der Waals surface area contributed by atoms with Crippen molar-refractivity contribution in [2.75, 3.05) is 13.2 Å². The van der Waals surface area contributed by atoms with Crippen LogP contribution in [0.2, 0.25) is 0 Å². The van der Waals surface area contributed by atoms with E-state index in [9.17, 15) is 35.4 Å². The summed E-state index contributed by atoms with van der Waals surface area (Å²) in [6.45, 7) is 0.957. The van der Waals surface area contributed by atoms with E-state index in [1.165, 1.54) is 86.4 Å². The van der Waals surface area contributed by atoms with Crippen LogP contribution in [0.5, 0.6) is 0 Å². The fraction of sp³-hybridized carbons (Fsp3) is 0.970. The highest BCUT2D eigenvalue weighted by atomic mass is 16.7. The first kappa shape index (κ1) is 31.3. The average Bonchev–Trinajstić information content (AvgIpc) is 3.00. The molecule has 42 heavy (non-hydrogen) atoms. The molecule has 1 heterocycles. The Kier molecular flexibility index (Phi) is 9.42. The van der Waals surface area contributed by atoms with E-state index in [-0.39, 0.29) is 18.8 Å². The molecule has 1 saturated heterocycles. The lowest BCUT2D eigenvalue weighted by Crippen LogP contribution is -3.05. The predicted octanol–water partition coefficient (Wildman–Crippen LogP) is 2.17. The van der Waals surface area contributed by atoms with Gasteiger partial charge in [0.05, 0.1) is 25.4 Å². The molecule has 1 aliphatic heterocycles. The normalized spacial score (nSPS) is 45.4. The van der Waals surface area contributed by atoms with Crippen molar-refractivity contribution < 1.29 is 44.9 Å². The number of carbonyl (C=O) groups excluding carboxylic acids is 1. The number of aliphatic hydroxyl groups is 6. The lowest BCUT2D eigenvalue weighted by atomic mass is 8.96. The van der Waals surface area contributed by atoms with E-state index in [2.05, 4.69) is 0 Å². The standard InChI is InChI=1S/C33H54O9/c1-2-19(36)28(37)17(16-41-32-31(40)30(39)29(38)20(15-34)42-32)14-18(35)12-10-8-6-4-3-5-7-9-11-13-33-25-22-21-23(25)27(33)24(21)26(22)33/h17,19-32,34,36-40H,2-16H2,1H3/t17-,19+,20?,21?,22?,23?,24?,25?,26?,27?,28-,29?,30?,31?,32?,33?/m0/s1. The number of carbonyl (C=O) groups is 1. The fourth-order valence-electron chi connectivity index (χ4n) is 10.8. The highest BCUT2D eigenvalue weighted by Gasteiger charge is 3.03. The SMILES string of the molecule is CC[C@@H](O)[C@@H](O)[C@H](COC1OC(CO)C(O)C(O)C1O)CC(=O)CCCCCCCCCCCC12C3C4C5C3C1C5C42. The van der Waals surface area contributed by atoms with Gasteiger partial charge in [0.1, 0.15) is 30.2 Å². The minimum absolute atomic E-state index is 0.0156. The molecule has 8 atom stereocenters. The Morgan fingerprint density at radius 1 is 0.810 bits per heavy atom. The molecule has 0 aromatic carbocycles. The van der Waals surface area contributed by atoms with Crippen LogP contribution in [0.25, 0.3) is 0 Å². The first-order valence-corrected chi connectivity index (χ1v) is 17.1. The van der Waals surface area contributed by atoms with Gasteiger partial charge in [0, 0.05) is 18.8 Å². The lowest BCUT2D eigenvalue weighted by molar-refractivity contribution is -0.616. The van der Waals surface area contributed by atoms with Crippen molar-refractivity contribution in [1.82, 2.24) is 0 Å². The second-order valence-electron chi connectivity index (χ2n) is 14.7. The third-order valence-electron chi connectivity index (χ3n) is 12.9. The lowest BCUT2D eigenvalue weighted by Gasteiger charge is -3.08. The van der Waals surface area contributed by atoms with Crippen LogP contribution >= 0.6 is 0 Å². The zero-order chi connectivity index (χ0) is 29.8. The minimum Gasteiger partial charge on any atom is -0.394 e.